The van der Waals surface area contributed by atoms with Crippen molar-refractivity contribution in [3.63, 3.8) is 0 Å². The van der Waals surface area contributed by atoms with Gasteiger partial charge in [-0.3, -0.25) is 0 Å². The Morgan fingerprint density at radius 1 is 0.640 bits per heavy atom. The minimum absolute atomic E-state index is 0.209. The fourth-order valence-electron chi connectivity index (χ4n) is 17.5. The number of hydrogen-bond acceptors (Lipinski definition) is 26. The van der Waals surface area contributed by atoms with E-state index in [9.17, 15) is 85.9 Å². The summed E-state index contributed by atoms with van der Waals surface area (Å²) in [5, 5.41) is 157. The number of carbonyl (C=O) groups excluding carboxylic acids is 2. The third kappa shape index (κ3) is 11.6. The molecule has 14 N–H and O–H groups in total. The van der Waals surface area contributed by atoms with Crippen LogP contribution in [0.2, 0.25) is 0 Å². The Morgan fingerprint density at radius 2 is 1.22 bits per heavy atom. The predicted octanol–water partition coefficient (Wildman–Crippen LogP) is -1.27. The Balaban J connectivity index is 1.08. The van der Waals surface area contributed by atoms with Crippen LogP contribution in [0.3, 0.4) is 0 Å². The van der Waals surface area contributed by atoms with Gasteiger partial charge in [-0.15, -0.1) is 0 Å². The second-order valence-corrected chi connectivity index (χ2v) is 28.7. The molecular weight excluding hydrogens is 1180 g/mol. The number of aliphatic carboxylic acids is 1. The molecule has 9 aliphatic rings. The van der Waals surface area contributed by atoms with E-state index in [4.69, 9.17) is 47.4 Å². The summed E-state index contributed by atoms with van der Waals surface area (Å²) in [5.74, 6) is -4.31. The van der Waals surface area contributed by atoms with Gasteiger partial charge in [-0.25, -0.2) is 14.4 Å². The van der Waals surface area contributed by atoms with Crippen molar-refractivity contribution in [2.24, 2.45) is 50.2 Å². The molecule has 8 fully saturated rings. The molecule has 0 spiro atoms. The fraction of sp³-hybridized carbons (Fsp3) is 0.855. The SMILES string of the molecule is CC=C(C)C(=O)OC1C(OC(=O)C=C(C)C)C2(CO)C(CC1(C)C)C1=CCC3C4(C)CCC(OC5OC(C(=O)O)C(OC6OC(CO)C(O)C6O)C(OC6OCC(O)C(O)C6O)C5OC5OC(CO)C(O)C(O)C5O)C(C)(C)C4CCC3(C)C1(C)C(O)C2O. The van der Waals surface area contributed by atoms with E-state index in [-0.39, 0.29) is 24.7 Å². The van der Waals surface area contributed by atoms with Gasteiger partial charge in [0.2, 0.25) is 0 Å². The number of carboxylic acid groups (broad SMARTS) is 1. The summed E-state index contributed by atoms with van der Waals surface area (Å²) in [6.45, 7) is 17.6. The Kier molecular flexibility index (Phi) is 20.4. The highest BCUT2D eigenvalue weighted by Crippen LogP contribution is 2.76. The van der Waals surface area contributed by atoms with Crippen molar-refractivity contribution < 1.29 is 133 Å². The summed E-state index contributed by atoms with van der Waals surface area (Å²) in [6, 6.07) is 0. The molecular formula is C62H96O27. The summed E-state index contributed by atoms with van der Waals surface area (Å²) < 4.78 is 61.8. The van der Waals surface area contributed by atoms with E-state index in [1.807, 2.05) is 34.6 Å². The lowest BCUT2D eigenvalue weighted by atomic mass is 9.32. The van der Waals surface area contributed by atoms with Gasteiger partial charge < -0.3 is 119 Å². The fourth-order valence-corrected chi connectivity index (χ4v) is 17.5. The molecule has 4 saturated heterocycles. The molecule has 0 aromatic carbocycles. The third-order valence-corrected chi connectivity index (χ3v) is 22.7. The van der Waals surface area contributed by atoms with Crippen molar-refractivity contribution in [3.8, 4) is 0 Å². The van der Waals surface area contributed by atoms with Crippen LogP contribution in [-0.2, 0) is 61.8 Å². The first kappa shape index (κ1) is 70.1. The smallest absolute Gasteiger partial charge is 0.335 e. The number of carboxylic acids is 1. The van der Waals surface area contributed by atoms with E-state index in [2.05, 4.69) is 19.9 Å². The van der Waals surface area contributed by atoms with Crippen LogP contribution in [-0.4, -0.2) is 257 Å². The third-order valence-electron chi connectivity index (χ3n) is 22.7. The van der Waals surface area contributed by atoms with E-state index in [0.29, 0.717) is 36.8 Å². The highest BCUT2D eigenvalue weighted by Gasteiger charge is 2.76. The van der Waals surface area contributed by atoms with E-state index >= 15 is 0 Å². The molecule has 30 atom stereocenters. The summed E-state index contributed by atoms with van der Waals surface area (Å²) in [5.41, 5.74) is -4.41. The highest BCUT2D eigenvalue weighted by molar-refractivity contribution is 5.88. The van der Waals surface area contributed by atoms with Crippen LogP contribution in [0.1, 0.15) is 115 Å². The van der Waals surface area contributed by atoms with Crippen molar-refractivity contribution in [2.75, 3.05) is 26.4 Å². The number of carbonyl (C=O) groups is 3. The maximum Gasteiger partial charge on any atom is 0.335 e. The van der Waals surface area contributed by atoms with Crippen molar-refractivity contribution in [2.45, 2.75) is 256 Å². The highest BCUT2D eigenvalue weighted by atomic mass is 16.8. The van der Waals surface area contributed by atoms with Gasteiger partial charge in [0.05, 0.1) is 50.2 Å². The largest absolute Gasteiger partial charge is 0.479 e. The Bertz CT molecular complexity index is 2660. The summed E-state index contributed by atoms with van der Waals surface area (Å²) in [6.07, 6.45) is -33.5. The monoisotopic (exact) mass is 1270 g/mol. The first-order valence-electron chi connectivity index (χ1n) is 31.0. The number of rotatable bonds is 16. The number of aliphatic hydroxyl groups is 13. The number of allylic oxidation sites excluding steroid dienone is 3. The first-order chi connectivity index (χ1) is 41.6. The van der Waals surface area contributed by atoms with E-state index in [1.165, 1.54) is 6.08 Å². The van der Waals surface area contributed by atoms with Gasteiger partial charge in [0.15, 0.2) is 37.4 Å². The van der Waals surface area contributed by atoms with Crippen LogP contribution < -0.4 is 0 Å². The van der Waals surface area contributed by atoms with E-state index < -0.39 is 224 Å². The van der Waals surface area contributed by atoms with E-state index in [0.717, 1.165) is 5.57 Å². The summed E-state index contributed by atoms with van der Waals surface area (Å²) in [7, 11) is 0. The molecule has 0 radical (unpaired) electrons. The van der Waals surface area contributed by atoms with Gasteiger partial charge in [-0.2, -0.15) is 0 Å². The van der Waals surface area contributed by atoms with Crippen molar-refractivity contribution in [3.05, 3.63) is 34.9 Å². The first-order valence-corrected chi connectivity index (χ1v) is 31.0. The van der Waals surface area contributed by atoms with Crippen LogP contribution in [0.25, 0.3) is 0 Å². The minimum atomic E-state index is -2.19. The molecule has 0 aromatic rings. The summed E-state index contributed by atoms with van der Waals surface area (Å²) >= 11 is 0. The van der Waals surface area contributed by atoms with Crippen molar-refractivity contribution in [1.29, 1.82) is 0 Å². The van der Waals surface area contributed by atoms with Gasteiger partial charge in [-0.05, 0) is 100 Å². The maximum absolute atomic E-state index is 13.8. The van der Waals surface area contributed by atoms with Crippen molar-refractivity contribution in [1.82, 2.24) is 0 Å². The Hall–Kier alpha value is -3.21. The van der Waals surface area contributed by atoms with Gasteiger partial charge in [0.1, 0.15) is 85.5 Å². The molecule has 0 aromatic heterocycles. The molecule has 27 heteroatoms. The number of esters is 2. The summed E-state index contributed by atoms with van der Waals surface area (Å²) in [4.78, 5) is 41.1. The van der Waals surface area contributed by atoms with Crippen LogP contribution in [0.15, 0.2) is 34.9 Å². The molecule has 4 aliphatic heterocycles. The van der Waals surface area contributed by atoms with Gasteiger partial charge in [0.25, 0.3) is 0 Å². The molecule has 0 amide bonds. The molecule has 5 aliphatic carbocycles. The Morgan fingerprint density at radius 3 is 1.81 bits per heavy atom. The standard InChI is InChI=1S/C62H96O27/c1-12-26(4)52(79)89-49-50(84-35(67)19-25(2)3)62(24-65)28(20-57(49,5)6)27-13-14-33-59(9)17-16-34(58(7,8)32(59)15-18-60(33,10)61(27,11)47(75)48(62)76)83-56-46(88-55-42(74)39(71)37(69)30(21-63)81-55)44(85-53-40(72)36(68)29(66)23-80-53)43(45(87-56)51(77)78)86-54-41(73)38(70)31(22-64)82-54/h12-13,19,28-34,36-50,53-56,63-66,68-76H,14-18,20-24H2,1-11H3,(H,77,78). The number of ether oxygens (including phenoxy) is 10. The Labute approximate surface area is 517 Å². The van der Waals surface area contributed by atoms with Crippen LogP contribution in [0.5, 0.6) is 0 Å². The van der Waals surface area contributed by atoms with Crippen LogP contribution in [0.4, 0.5) is 0 Å². The minimum Gasteiger partial charge on any atom is -0.479 e. The quantitative estimate of drug-likeness (QED) is 0.0371. The maximum atomic E-state index is 13.8. The average molecular weight is 1270 g/mol. The zero-order chi connectivity index (χ0) is 65.7. The van der Waals surface area contributed by atoms with E-state index in [1.54, 1.807) is 33.8 Å². The topological polar surface area (TPSA) is 427 Å². The second-order valence-electron chi connectivity index (χ2n) is 28.7. The molecule has 4 saturated carbocycles. The molecule has 27 nitrogen and oxygen atoms in total. The normalized spacial score (nSPS) is 49.4. The molecule has 9 rings (SSSR count). The second kappa shape index (κ2) is 25.8. The molecule has 506 valence electrons. The zero-order valence-corrected chi connectivity index (χ0v) is 52.4. The zero-order valence-electron chi connectivity index (χ0n) is 52.4. The van der Waals surface area contributed by atoms with Gasteiger partial charge in [0, 0.05) is 22.5 Å². The number of aliphatic hydroxyl groups excluding tert-OH is 13. The predicted molar refractivity (Wildman–Crippen MR) is 303 cm³/mol. The lowest BCUT2D eigenvalue weighted by molar-refractivity contribution is -0.401. The average Bonchev–Trinajstić information content (AvgIpc) is 0.913. The lowest BCUT2D eigenvalue weighted by Gasteiger charge is -2.73. The van der Waals surface area contributed by atoms with Gasteiger partial charge in [-0.1, -0.05) is 71.8 Å². The number of hydrogen-bond donors (Lipinski definition) is 14. The molecule has 30 unspecified atom stereocenters. The lowest BCUT2D eigenvalue weighted by Crippen LogP contribution is -2.76. The van der Waals surface area contributed by atoms with Crippen molar-refractivity contribution >= 4 is 17.9 Å². The van der Waals surface area contributed by atoms with Crippen LogP contribution >= 0.6 is 0 Å². The molecule has 4 heterocycles. The molecule has 0 bridgehead atoms. The molecule has 89 heavy (non-hydrogen) atoms. The van der Waals surface area contributed by atoms with Gasteiger partial charge >= 0.3 is 17.9 Å². The van der Waals surface area contributed by atoms with Crippen LogP contribution in [0, 0.1) is 50.2 Å². The number of fused-ring (bicyclic) bond motifs is 7.